The van der Waals surface area contributed by atoms with Gasteiger partial charge in [-0.25, -0.2) is 8.42 Å². The van der Waals surface area contributed by atoms with Gasteiger partial charge in [-0.05, 0) is 12.0 Å². The van der Waals surface area contributed by atoms with Crippen molar-refractivity contribution < 1.29 is 8.42 Å². The Morgan fingerprint density at radius 3 is 2.29 bits per heavy atom. The normalized spacial score (nSPS) is 11.5. The first-order chi connectivity index (χ1) is 6.64. The topological polar surface area (TPSA) is 60.2 Å². The maximum absolute atomic E-state index is 11.3. The second-order valence-electron chi connectivity index (χ2n) is 3.18. The summed E-state index contributed by atoms with van der Waals surface area (Å²) in [6.45, 7) is 0.205. The second-order valence-corrected chi connectivity index (χ2v) is 5.48. The van der Waals surface area contributed by atoms with Gasteiger partial charge in [0.2, 0.25) is 0 Å². The summed E-state index contributed by atoms with van der Waals surface area (Å²) >= 11 is 0. The highest BCUT2D eigenvalue weighted by Gasteiger charge is 2.08. The van der Waals surface area contributed by atoms with Crippen molar-refractivity contribution in [1.82, 2.24) is 0 Å². The summed E-state index contributed by atoms with van der Waals surface area (Å²) < 4.78 is 22.6. The van der Waals surface area contributed by atoms with Crippen molar-refractivity contribution >= 4 is 9.84 Å². The lowest BCUT2D eigenvalue weighted by Crippen LogP contribution is -2.19. The maximum Gasteiger partial charge on any atom is 0.151 e. The molecule has 0 radical (unpaired) electrons. The van der Waals surface area contributed by atoms with E-state index in [0.29, 0.717) is 6.42 Å². The Hall–Kier alpha value is -0.870. The van der Waals surface area contributed by atoms with E-state index in [4.69, 9.17) is 5.73 Å². The van der Waals surface area contributed by atoms with E-state index in [1.165, 1.54) is 0 Å². The van der Waals surface area contributed by atoms with Gasteiger partial charge in [-0.1, -0.05) is 30.3 Å². The molecule has 1 aromatic carbocycles. The van der Waals surface area contributed by atoms with Gasteiger partial charge in [-0.3, -0.25) is 0 Å². The zero-order valence-corrected chi connectivity index (χ0v) is 8.83. The molecule has 0 aliphatic heterocycles. The number of sulfone groups is 1. The molecule has 0 amide bonds. The average Bonchev–Trinajstić information content (AvgIpc) is 2.17. The van der Waals surface area contributed by atoms with Gasteiger partial charge in [0.05, 0.1) is 11.5 Å². The summed E-state index contributed by atoms with van der Waals surface area (Å²) in [5.41, 5.74) is 6.25. The third kappa shape index (κ3) is 3.89. The highest BCUT2D eigenvalue weighted by Crippen LogP contribution is 2.02. The van der Waals surface area contributed by atoms with Crippen LogP contribution in [0.15, 0.2) is 30.3 Å². The zero-order chi connectivity index (χ0) is 10.4. The van der Waals surface area contributed by atoms with Gasteiger partial charge in [-0.2, -0.15) is 0 Å². The number of hydrogen-bond acceptors (Lipinski definition) is 3. The van der Waals surface area contributed by atoms with Crippen LogP contribution >= 0.6 is 0 Å². The Bertz CT molecular complexity index is 359. The van der Waals surface area contributed by atoms with Crippen molar-refractivity contribution in [2.75, 3.05) is 18.1 Å². The Morgan fingerprint density at radius 2 is 1.71 bits per heavy atom. The summed E-state index contributed by atoms with van der Waals surface area (Å²) in [7, 11) is -2.95. The summed E-state index contributed by atoms with van der Waals surface area (Å²) in [6.07, 6.45) is 0.573. The van der Waals surface area contributed by atoms with Crippen molar-refractivity contribution in [2.24, 2.45) is 5.73 Å². The van der Waals surface area contributed by atoms with E-state index in [1.54, 1.807) is 0 Å². The fourth-order valence-electron chi connectivity index (χ4n) is 1.20. The molecule has 0 atom stereocenters. The molecule has 0 fully saturated rings. The second kappa shape index (κ2) is 5.12. The summed E-state index contributed by atoms with van der Waals surface area (Å²) in [5.74, 6) is 0.272. The number of hydrogen-bond donors (Lipinski definition) is 1. The molecule has 2 N–H and O–H groups in total. The van der Waals surface area contributed by atoms with Crippen molar-refractivity contribution in [1.29, 1.82) is 0 Å². The van der Waals surface area contributed by atoms with E-state index in [-0.39, 0.29) is 18.1 Å². The molecule has 14 heavy (non-hydrogen) atoms. The summed E-state index contributed by atoms with van der Waals surface area (Å²) in [4.78, 5) is 0. The van der Waals surface area contributed by atoms with Crippen molar-refractivity contribution in [3.63, 3.8) is 0 Å². The molecule has 1 rings (SSSR count). The molecule has 4 heteroatoms. The van der Waals surface area contributed by atoms with E-state index in [2.05, 4.69) is 0 Å². The molecule has 0 aromatic heterocycles. The van der Waals surface area contributed by atoms with E-state index in [9.17, 15) is 8.42 Å². The number of benzene rings is 1. The lowest BCUT2D eigenvalue weighted by molar-refractivity contribution is 0.595. The Labute approximate surface area is 84.9 Å². The molecule has 0 aliphatic carbocycles. The largest absolute Gasteiger partial charge is 0.329 e. The van der Waals surface area contributed by atoms with Crippen LogP contribution in [0.1, 0.15) is 5.56 Å². The van der Waals surface area contributed by atoms with Gasteiger partial charge < -0.3 is 5.73 Å². The van der Waals surface area contributed by atoms with Crippen LogP contribution in [0, 0.1) is 0 Å². The first-order valence-corrected chi connectivity index (χ1v) is 6.40. The first kappa shape index (κ1) is 11.2. The zero-order valence-electron chi connectivity index (χ0n) is 8.02. The van der Waals surface area contributed by atoms with Crippen molar-refractivity contribution in [2.45, 2.75) is 6.42 Å². The molecule has 78 valence electrons. The predicted octanol–water partition coefficient (Wildman–Crippen LogP) is 0.603. The highest BCUT2D eigenvalue weighted by atomic mass is 32.2. The summed E-state index contributed by atoms with van der Waals surface area (Å²) in [6, 6.07) is 9.59. The van der Waals surface area contributed by atoms with Gasteiger partial charge in [0, 0.05) is 6.54 Å². The molecule has 0 heterocycles. The standard InChI is InChI=1S/C10H15NO2S/c11-7-9-14(12,13)8-6-10-4-2-1-3-5-10/h1-5H,6-9,11H2. The molecule has 1 aromatic rings. The highest BCUT2D eigenvalue weighted by molar-refractivity contribution is 7.91. The fraction of sp³-hybridized carbons (Fsp3) is 0.400. The van der Waals surface area contributed by atoms with Crippen LogP contribution in [-0.4, -0.2) is 26.5 Å². The quantitative estimate of drug-likeness (QED) is 0.779. The van der Waals surface area contributed by atoms with Crippen molar-refractivity contribution in [3.05, 3.63) is 35.9 Å². The Kier molecular flexibility index (Phi) is 4.10. The minimum absolute atomic E-state index is 0.0832. The van der Waals surface area contributed by atoms with Crippen LogP contribution < -0.4 is 5.73 Å². The van der Waals surface area contributed by atoms with E-state index in [1.807, 2.05) is 30.3 Å². The minimum Gasteiger partial charge on any atom is -0.329 e. The van der Waals surface area contributed by atoms with Crippen LogP contribution in [-0.2, 0) is 16.3 Å². The summed E-state index contributed by atoms with van der Waals surface area (Å²) in [5, 5.41) is 0. The first-order valence-electron chi connectivity index (χ1n) is 4.58. The minimum atomic E-state index is -2.95. The Morgan fingerprint density at radius 1 is 1.07 bits per heavy atom. The van der Waals surface area contributed by atoms with Gasteiger partial charge >= 0.3 is 0 Å². The van der Waals surface area contributed by atoms with Crippen LogP contribution in [0.3, 0.4) is 0 Å². The smallest absolute Gasteiger partial charge is 0.151 e. The molecule has 0 bridgehead atoms. The molecule has 0 saturated heterocycles. The van der Waals surface area contributed by atoms with Gasteiger partial charge in [0.1, 0.15) is 0 Å². The van der Waals surface area contributed by atoms with Crippen molar-refractivity contribution in [3.8, 4) is 0 Å². The SMILES string of the molecule is NCCS(=O)(=O)CCc1ccccc1. The fourth-order valence-corrected chi connectivity index (χ4v) is 2.31. The van der Waals surface area contributed by atoms with Crippen LogP contribution in [0.25, 0.3) is 0 Å². The molecule has 0 aliphatic rings. The van der Waals surface area contributed by atoms with Crippen LogP contribution in [0.5, 0.6) is 0 Å². The molecular weight excluding hydrogens is 198 g/mol. The third-order valence-corrected chi connectivity index (χ3v) is 3.66. The molecular formula is C10H15NO2S. The average molecular weight is 213 g/mol. The third-order valence-electron chi connectivity index (χ3n) is 1.97. The van der Waals surface area contributed by atoms with E-state index in [0.717, 1.165) is 5.56 Å². The lowest BCUT2D eigenvalue weighted by atomic mass is 10.2. The number of nitrogens with two attached hydrogens (primary N) is 1. The molecule has 0 spiro atoms. The van der Waals surface area contributed by atoms with Gasteiger partial charge in [0.15, 0.2) is 9.84 Å². The van der Waals surface area contributed by atoms with Gasteiger partial charge in [0.25, 0.3) is 0 Å². The molecule has 0 saturated carbocycles. The maximum atomic E-state index is 11.3. The molecule has 3 nitrogen and oxygen atoms in total. The Balaban J connectivity index is 2.49. The van der Waals surface area contributed by atoms with E-state index < -0.39 is 9.84 Å². The number of aryl methyl sites for hydroxylation is 1. The lowest BCUT2D eigenvalue weighted by Gasteiger charge is -2.02. The van der Waals surface area contributed by atoms with Crippen LogP contribution in [0.4, 0.5) is 0 Å². The predicted molar refractivity (Wildman–Crippen MR) is 57.9 cm³/mol. The van der Waals surface area contributed by atoms with E-state index >= 15 is 0 Å². The van der Waals surface area contributed by atoms with Gasteiger partial charge in [-0.15, -0.1) is 0 Å². The molecule has 0 unspecified atom stereocenters. The monoisotopic (exact) mass is 213 g/mol. The number of rotatable bonds is 5. The van der Waals surface area contributed by atoms with Crippen LogP contribution in [0.2, 0.25) is 0 Å².